The average molecular weight is 205 g/mol. The maximum Gasteiger partial charge on any atom is 0.128 e. The Morgan fingerprint density at radius 1 is 1.53 bits per heavy atom. The van der Waals surface area contributed by atoms with Crippen molar-refractivity contribution in [2.45, 2.75) is 26.2 Å². The molecule has 1 fully saturated rings. The van der Waals surface area contributed by atoms with Crippen LogP contribution in [0.2, 0.25) is 0 Å². The van der Waals surface area contributed by atoms with Gasteiger partial charge in [-0.2, -0.15) is 0 Å². The number of aromatic nitrogens is 1. The molecule has 0 aromatic carbocycles. The summed E-state index contributed by atoms with van der Waals surface area (Å²) in [5.74, 6) is 1.90. The van der Waals surface area contributed by atoms with Crippen LogP contribution in [0.1, 0.15) is 26.2 Å². The third kappa shape index (κ3) is 2.41. The number of piperidine rings is 1. The Bertz CT molecular complexity index is 307. The van der Waals surface area contributed by atoms with Crippen LogP contribution < -0.4 is 10.6 Å². The summed E-state index contributed by atoms with van der Waals surface area (Å²) >= 11 is 0. The molecule has 3 nitrogen and oxygen atoms in total. The molecule has 0 radical (unpaired) electrons. The molecule has 3 heteroatoms. The maximum absolute atomic E-state index is 5.63. The fraction of sp³-hybridized carbons (Fsp3) is 0.583. The Hall–Kier alpha value is -1.25. The summed E-state index contributed by atoms with van der Waals surface area (Å²) in [6, 6.07) is 3.95. The zero-order chi connectivity index (χ0) is 10.7. The Labute approximate surface area is 91.3 Å². The Morgan fingerprint density at radius 3 is 3.07 bits per heavy atom. The van der Waals surface area contributed by atoms with Gasteiger partial charge in [0.2, 0.25) is 0 Å². The van der Waals surface area contributed by atoms with Crippen LogP contribution in [0.4, 0.5) is 11.5 Å². The zero-order valence-corrected chi connectivity index (χ0v) is 9.32. The van der Waals surface area contributed by atoms with E-state index in [2.05, 4.69) is 16.8 Å². The molecule has 82 valence electrons. The molecular formula is C12H19N3. The lowest BCUT2D eigenvalue weighted by molar-refractivity contribution is 0.403. The normalized spacial score (nSPS) is 21.7. The van der Waals surface area contributed by atoms with Gasteiger partial charge < -0.3 is 10.6 Å². The molecule has 0 aliphatic carbocycles. The molecule has 1 aromatic rings. The van der Waals surface area contributed by atoms with Crippen molar-refractivity contribution in [2.75, 3.05) is 23.7 Å². The van der Waals surface area contributed by atoms with Gasteiger partial charge in [-0.05, 0) is 30.9 Å². The van der Waals surface area contributed by atoms with Gasteiger partial charge in [-0.3, -0.25) is 0 Å². The van der Waals surface area contributed by atoms with E-state index in [0.717, 1.165) is 30.5 Å². The molecule has 1 aliphatic heterocycles. The van der Waals surface area contributed by atoms with E-state index in [1.165, 1.54) is 19.3 Å². The van der Waals surface area contributed by atoms with Gasteiger partial charge in [-0.25, -0.2) is 4.98 Å². The number of anilines is 2. The summed E-state index contributed by atoms with van der Waals surface area (Å²) in [5, 5.41) is 0. The summed E-state index contributed by atoms with van der Waals surface area (Å²) in [5.41, 5.74) is 6.37. The van der Waals surface area contributed by atoms with Crippen molar-refractivity contribution < 1.29 is 0 Å². The fourth-order valence-electron chi connectivity index (χ4n) is 2.19. The molecule has 1 aromatic heterocycles. The monoisotopic (exact) mass is 205 g/mol. The van der Waals surface area contributed by atoms with Crippen LogP contribution in [0.25, 0.3) is 0 Å². The SMILES string of the molecule is CCC1CCCN(c2ccc(N)cn2)C1. The predicted molar refractivity (Wildman–Crippen MR) is 63.9 cm³/mol. The summed E-state index contributed by atoms with van der Waals surface area (Å²) < 4.78 is 0. The van der Waals surface area contributed by atoms with Gasteiger partial charge in [0.25, 0.3) is 0 Å². The molecule has 0 bridgehead atoms. The smallest absolute Gasteiger partial charge is 0.128 e. The lowest BCUT2D eigenvalue weighted by atomic mass is 9.96. The highest BCUT2D eigenvalue weighted by atomic mass is 15.2. The van der Waals surface area contributed by atoms with Crippen molar-refractivity contribution in [1.82, 2.24) is 4.98 Å². The second-order valence-electron chi connectivity index (χ2n) is 4.31. The second kappa shape index (κ2) is 4.51. The molecule has 15 heavy (non-hydrogen) atoms. The summed E-state index contributed by atoms with van der Waals surface area (Å²) in [4.78, 5) is 6.74. The van der Waals surface area contributed by atoms with Crippen molar-refractivity contribution in [3.8, 4) is 0 Å². The molecule has 2 heterocycles. The third-order valence-corrected chi connectivity index (χ3v) is 3.19. The molecule has 2 rings (SSSR count). The minimum Gasteiger partial charge on any atom is -0.397 e. The molecule has 1 saturated heterocycles. The molecule has 0 amide bonds. The lowest BCUT2D eigenvalue weighted by Gasteiger charge is -2.33. The van der Waals surface area contributed by atoms with Gasteiger partial charge in [0.05, 0.1) is 11.9 Å². The molecule has 1 atom stereocenters. The highest BCUT2D eigenvalue weighted by Gasteiger charge is 2.19. The van der Waals surface area contributed by atoms with E-state index in [0.29, 0.717) is 0 Å². The maximum atomic E-state index is 5.63. The summed E-state index contributed by atoms with van der Waals surface area (Å²) in [6.07, 6.45) is 5.66. The number of rotatable bonds is 2. The first-order chi connectivity index (χ1) is 7.29. The Balaban J connectivity index is 2.06. The number of hydrogen-bond acceptors (Lipinski definition) is 3. The van der Waals surface area contributed by atoms with Crippen molar-refractivity contribution in [3.05, 3.63) is 18.3 Å². The standard InChI is InChI=1S/C12H19N3/c1-2-10-4-3-7-15(9-10)12-6-5-11(13)8-14-12/h5-6,8,10H,2-4,7,9,13H2,1H3. The first kappa shape index (κ1) is 10.3. The van der Waals surface area contributed by atoms with Gasteiger partial charge in [0, 0.05) is 13.1 Å². The highest BCUT2D eigenvalue weighted by molar-refractivity contribution is 5.45. The van der Waals surface area contributed by atoms with Crippen molar-refractivity contribution in [2.24, 2.45) is 5.92 Å². The fourth-order valence-corrected chi connectivity index (χ4v) is 2.19. The topological polar surface area (TPSA) is 42.1 Å². The van der Waals surface area contributed by atoms with Gasteiger partial charge in [-0.1, -0.05) is 13.3 Å². The van der Waals surface area contributed by atoms with Gasteiger partial charge in [0.15, 0.2) is 0 Å². The van der Waals surface area contributed by atoms with Crippen molar-refractivity contribution >= 4 is 11.5 Å². The average Bonchev–Trinajstić information content (AvgIpc) is 2.30. The summed E-state index contributed by atoms with van der Waals surface area (Å²) in [6.45, 7) is 4.55. The number of nitrogens with zero attached hydrogens (tertiary/aromatic N) is 2. The van der Waals surface area contributed by atoms with Gasteiger partial charge >= 0.3 is 0 Å². The van der Waals surface area contributed by atoms with E-state index < -0.39 is 0 Å². The van der Waals surface area contributed by atoms with E-state index >= 15 is 0 Å². The van der Waals surface area contributed by atoms with Crippen LogP contribution in [0.3, 0.4) is 0 Å². The minimum absolute atomic E-state index is 0.739. The Morgan fingerprint density at radius 2 is 2.40 bits per heavy atom. The minimum atomic E-state index is 0.739. The Kier molecular flexibility index (Phi) is 3.09. The van der Waals surface area contributed by atoms with Crippen molar-refractivity contribution in [1.29, 1.82) is 0 Å². The van der Waals surface area contributed by atoms with Crippen LogP contribution >= 0.6 is 0 Å². The molecule has 2 N–H and O–H groups in total. The quantitative estimate of drug-likeness (QED) is 0.805. The van der Waals surface area contributed by atoms with Crippen molar-refractivity contribution in [3.63, 3.8) is 0 Å². The molecule has 1 aliphatic rings. The second-order valence-corrected chi connectivity index (χ2v) is 4.31. The first-order valence-electron chi connectivity index (χ1n) is 5.76. The van der Waals surface area contributed by atoms with E-state index in [1.807, 2.05) is 12.1 Å². The third-order valence-electron chi connectivity index (χ3n) is 3.19. The zero-order valence-electron chi connectivity index (χ0n) is 9.32. The van der Waals surface area contributed by atoms with Crippen LogP contribution in [-0.2, 0) is 0 Å². The predicted octanol–water partition coefficient (Wildman–Crippen LogP) is 2.29. The van der Waals surface area contributed by atoms with Gasteiger partial charge in [0.1, 0.15) is 5.82 Å². The van der Waals surface area contributed by atoms with Crippen LogP contribution in [0, 0.1) is 5.92 Å². The van der Waals surface area contributed by atoms with Gasteiger partial charge in [-0.15, -0.1) is 0 Å². The number of nitrogen functional groups attached to an aromatic ring is 1. The highest BCUT2D eigenvalue weighted by Crippen LogP contribution is 2.23. The summed E-state index contributed by atoms with van der Waals surface area (Å²) in [7, 11) is 0. The molecular weight excluding hydrogens is 186 g/mol. The molecule has 1 unspecified atom stereocenters. The first-order valence-corrected chi connectivity index (χ1v) is 5.76. The number of hydrogen-bond donors (Lipinski definition) is 1. The van der Waals surface area contributed by atoms with E-state index in [1.54, 1.807) is 6.20 Å². The van der Waals surface area contributed by atoms with Crippen LogP contribution in [0.5, 0.6) is 0 Å². The van der Waals surface area contributed by atoms with Crippen LogP contribution in [-0.4, -0.2) is 18.1 Å². The van der Waals surface area contributed by atoms with E-state index in [-0.39, 0.29) is 0 Å². The molecule has 0 saturated carbocycles. The lowest BCUT2D eigenvalue weighted by Crippen LogP contribution is -2.35. The number of pyridine rings is 1. The largest absolute Gasteiger partial charge is 0.397 e. The van der Waals surface area contributed by atoms with E-state index in [9.17, 15) is 0 Å². The number of nitrogens with two attached hydrogens (primary N) is 1. The van der Waals surface area contributed by atoms with Crippen LogP contribution in [0.15, 0.2) is 18.3 Å². The van der Waals surface area contributed by atoms with E-state index in [4.69, 9.17) is 5.73 Å². The molecule has 0 spiro atoms.